The first-order valence-electron chi connectivity index (χ1n) is 5.92. The van der Waals surface area contributed by atoms with E-state index in [1.807, 2.05) is 20.8 Å². The smallest absolute Gasteiger partial charge is 0.410 e. The Balaban J connectivity index is 0. The number of alkyl halides is 1. The van der Waals surface area contributed by atoms with Gasteiger partial charge in [-0.3, -0.25) is 4.79 Å². The van der Waals surface area contributed by atoms with Crippen LogP contribution in [0.3, 0.4) is 0 Å². The molecule has 1 aliphatic rings. The third kappa shape index (κ3) is 8.82. The number of halogens is 1. The van der Waals surface area contributed by atoms with E-state index in [4.69, 9.17) is 16.3 Å². The minimum absolute atomic E-state index is 0.200. The normalized spacial score (nSPS) is 12.2. The molecule has 0 fully saturated rings. The highest BCUT2D eigenvalue weighted by Crippen LogP contribution is 2.07. The van der Waals surface area contributed by atoms with Gasteiger partial charge in [0, 0.05) is 18.0 Å². The fourth-order valence-electron chi connectivity index (χ4n) is 1.02. The SMILES string of the molecule is C=CCOC(=O)N1CC=C(C=O)C1.CC.CCCl. The number of carbonyl (C=O) groups is 2. The molecule has 5 heteroatoms. The molecule has 0 bridgehead atoms. The topological polar surface area (TPSA) is 46.6 Å². The number of hydrogen-bond donors (Lipinski definition) is 0. The first kappa shape index (κ1) is 19.1. The average molecular weight is 276 g/mol. The molecule has 0 unspecified atom stereocenters. The minimum Gasteiger partial charge on any atom is -0.445 e. The molecule has 0 saturated heterocycles. The molecule has 0 N–H and O–H groups in total. The van der Waals surface area contributed by atoms with E-state index in [1.165, 1.54) is 11.0 Å². The molecule has 0 aromatic carbocycles. The summed E-state index contributed by atoms with van der Waals surface area (Å²) in [4.78, 5) is 23.0. The standard InChI is InChI=1S/C9H11NO3.C2H5Cl.C2H6/c1-2-5-13-9(12)10-4-3-8(6-10)7-11;1-2-3;1-2/h2-3,7H,1,4-6H2;2H2,1H3;1-2H3. The van der Waals surface area contributed by atoms with E-state index >= 15 is 0 Å². The summed E-state index contributed by atoms with van der Waals surface area (Å²) in [6.07, 6.45) is 3.55. The van der Waals surface area contributed by atoms with Gasteiger partial charge in [-0.05, 0) is 0 Å². The summed E-state index contributed by atoms with van der Waals surface area (Å²) in [5.74, 6) is 0.722. The Bertz CT molecular complexity index is 277. The fraction of sp³-hybridized carbons (Fsp3) is 0.538. The second-order valence-electron chi connectivity index (χ2n) is 2.91. The van der Waals surface area contributed by atoms with Crippen molar-refractivity contribution >= 4 is 24.0 Å². The molecule has 1 aliphatic heterocycles. The van der Waals surface area contributed by atoms with Crippen LogP contribution in [0.2, 0.25) is 0 Å². The Morgan fingerprint density at radius 1 is 1.61 bits per heavy atom. The number of hydrogen-bond acceptors (Lipinski definition) is 3. The summed E-state index contributed by atoms with van der Waals surface area (Å²) in [5, 5.41) is 0. The van der Waals surface area contributed by atoms with Crippen LogP contribution < -0.4 is 0 Å². The quantitative estimate of drug-likeness (QED) is 0.452. The van der Waals surface area contributed by atoms with Gasteiger partial charge < -0.3 is 9.64 Å². The molecule has 104 valence electrons. The molecule has 1 amide bonds. The van der Waals surface area contributed by atoms with Crippen LogP contribution in [0.1, 0.15) is 20.8 Å². The second-order valence-corrected chi connectivity index (χ2v) is 3.44. The summed E-state index contributed by atoms with van der Waals surface area (Å²) in [5.41, 5.74) is 0.621. The van der Waals surface area contributed by atoms with Gasteiger partial charge in [0.1, 0.15) is 12.9 Å². The first-order valence-corrected chi connectivity index (χ1v) is 6.45. The molecule has 0 spiro atoms. The van der Waals surface area contributed by atoms with E-state index in [-0.39, 0.29) is 6.61 Å². The van der Waals surface area contributed by atoms with Crippen molar-refractivity contribution in [3.63, 3.8) is 0 Å². The molecule has 1 rings (SSSR count). The van der Waals surface area contributed by atoms with Crippen molar-refractivity contribution in [1.82, 2.24) is 4.90 Å². The van der Waals surface area contributed by atoms with Crippen molar-refractivity contribution in [2.24, 2.45) is 0 Å². The third-order valence-corrected chi connectivity index (χ3v) is 1.68. The average Bonchev–Trinajstić information content (AvgIpc) is 2.88. The van der Waals surface area contributed by atoms with Gasteiger partial charge in [-0.15, -0.1) is 11.6 Å². The van der Waals surface area contributed by atoms with Crippen LogP contribution in [0.25, 0.3) is 0 Å². The lowest BCUT2D eigenvalue weighted by Crippen LogP contribution is -2.29. The van der Waals surface area contributed by atoms with Crippen molar-refractivity contribution in [3.8, 4) is 0 Å². The predicted molar refractivity (Wildman–Crippen MR) is 75.0 cm³/mol. The third-order valence-electron chi connectivity index (χ3n) is 1.68. The largest absolute Gasteiger partial charge is 0.445 e. The molecule has 0 saturated carbocycles. The molecule has 0 aromatic rings. The minimum atomic E-state index is -0.409. The van der Waals surface area contributed by atoms with E-state index in [1.54, 1.807) is 6.08 Å². The van der Waals surface area contributed by atoms with E-state index in [0.29, 0.717) is 18.7 Å². The van der Waals surface area contributed by atoms with Crippen molar-refractivity contribution in [2.45, 2.75) is 20.8 Å². The van der Waals surface area contributed by atoms with Gasteiger partial charge in [-0.1, -0.05) is 39.5 Å². The van der Waals surface area contributed by atoms with Crippen molar-refractivity contribution < 1.29 is 14.3 Å². The molecule has 0 aromatic heterocycles. The number of nitrogens with zero attached hydrogens (tertiary/aromatic N) is 1. The van der Waals surface area contributed by atoms with Crippen LogP contribution in [-0.2, 0) is 9.53 Å². The van der Waals surface area contributed by atoms with E-state index in [0.717, 1.165) is 12.2 Å². The highest BCUT2D eigenvalue weighted by atomic mass is 35.5. The zero-order valence-electron chi connectivity index (χ0n) is 11.3. The zero-order chi connectivity index (χ0) is 14.4. The van der Waals surface area contributed by atoms with Gasteiger partial charge in [0.05, 0.1) is 6.54 Å². The molecule has 0 radical (unpaired) electrons. The van der Waals surface area contributed by atoms with Gasteiger partial charge in [0.2, 0.25) is 0 Å². The first-order chi connectivity index (χ1) is 8.69. The Labute approximate surface area is 114 Å². The van der Waals surface area contributed by atoms with E-state index in [9.17, 15) is 9.59 Å². The molecular weight excluding hydrogens is 254 g/mol. The maximum absolute atomic E-state index is 11.2. The van der Waals surface area contributed by atoms with Crippen molar-refractivity contribution in [2.75, 3.05) is 25.6 Å². The Kier molecular flexibility index (Phi) is 14.6. The molecule has 4 nitrogen and oxygen atoms in total. The maximum Gasteiger partial charge on any atom is 0.410 e. The van der Waals surface area contributed by atoms with Crippen LogP contribution in [-0.4, -0.2) is 42.9 Å². The van der Waals surface area contributed by atoms with Gasteiger partial charge in [-0.2, -0.15) is 0 Å². The second kappa shape index (κ2) is 13.8. The lowest BCUT2D eigenvalue weighted by atomic mass is 10.3. The maximum atomic E-state index is 11.2. The highest BCUT2D eigenvalue weighted by molar-refractivity contribution is 6.17. The summed E-state index contributed by atoms with van der Waals surface area (Å²) in [6.45, 7) is 10.3. The van der Waals surface area contributed by atoms with Gasteiger partial charge in [-0.25, -0.2) is 4.79 Å². The van der Waals surface area contributed by atoms with Crippen LogP contribution in [0.15, 0.2) is 24.3 Å². The summed E-state index contributed by atoms with van der Waals surface area (Å²) >= 11 is 5.00. The van der Waals surface area contributed by atoms with Gasteiger partial charge in [0.25, 0.3) is 0 Å². The Hall–Kier alpha value is -1.29. The fourth-order valence-corrected chi connectivity index (χ4v) is 1.02. The zero-order valence-corrected chi connectivity index (χ0v) is 12.1. The van der Waals surface area contributed by atoms with Gasteiger partial charge in [0.15, 0.2) is 0 Å². The number of ether oxygens (including phenoxy) is 1. The van der Waals surface area contributed by atoms with Crippen LogP contribution >= 0.6 is 11.6 Å². The highest BCUT2D eigenvalue weighted by Gasteiger charge is 2.19. The lowest BCUT2D eigenvalue weighted by molar-refractivity contribution is -0.105. The summed E-state index contributed by atoms with van der Waals surface area (Å²) in [7, 11) is 0. The number of aldehydes is 1. The predicted octanol–water partition coefficient (Wildman–Crippen LogP) is 3.02. The molecule has 0 aliphatic carbocycles. The molecule has 18 heavy (non-hydrogen) atoms. The number of rotatable bonds is 3. The molecule has 1 heterocycles. The van der Waals surface area contributed by atoms with Crippen molar-refractivity contribution in [3.05, 3.63) is 24.3 Å². The van der Waals surface area contributed by atoms with E-state index < -0.39 is 6.09 Å². The monoisotopic (exact) mass is 275 g/mol. The van der Waals surface area contributed by atoms with E-state index in [2.05, 4.69) is 6.58 Å². The van der Waals surface area contributed by atoms with Crippen LogP contribution in [0.5, 0.6) is 0 Å². The summed E-state index contributed by atoms with van der Waals surface area (Å²) < 4.78 is 4.79. The van der Waals surface area contributed by atoms with Crippen molar-refractivity contribution in [1.29, 1.82) is 0 Å². The lowest BCUT2D eigenvalue weighted by Gasteiger charge is -2.14. The Morgan fingerprint density at radius 2 is 2.17 bits per heavy atom. The number of amides is 1. The van der Waals surface area contributed by atoms with Crippen LogP contribution in [0.4, 0.5) is 4.79 Å². The summed E-state index contributed by atoms with van der Waals surface area (Å²) in [6, 6.07) is 0. The Morgan fingerprint density at radius 3 is 2.56 bits per heavy atom. The molecule has 0 atom stereocenters. The number of carbonyl (C=O) groups excluding carboxylic acids is 2. The van der Waals surface area contributed by atoms with Gasteiger partial charge >= 0.3 is 6.09 Å². The molecular formula is C13H22ClNO3. The van der Waals surface area contributed by atoms with Crippen LogP contribution in [0, 0.1) is 0 Å².